The van der Waals surface area contributed by atoms with Crippen LogP contribution in [0.25, 0.3) is 0 Å². The Morgan fingerprint density at radius 3 is 0.333 bits per heavy atom. The largest absolute Gasteiger partial charge is 5.00 e. The van der Waals surface area contributed by atoms with Crippen molar-refractivity contribution in [2.24, 2.45) is 0 Å². The first-order valence-electron chi connectivity index (χ1n) is 0. The van der Waals surface area contributed by atoms with E-state index >= 15 is 0 Å². The molecule has 0 N–H and O–H groups in total. The Balaban J connectivity index is 0. The van der Waals surface area contributed by atoms with Crippen molar-refractivity contribution in [1.29, 1.82) is 0 Å². The van der Waals surface area contributed by atoms with Crippen LogP contribution in [0.15, 0.2) is 0 Å². The number of hydrogen-bond donors (Lipinski definition) is 0. The van der Waals surface area contributed by atoms with Crippen LogP contribution in [0.2, 0.25) is 0 Å². The SMILES string of the molecule is [GeH5-].[GeH5-].[GeH5-].[GeH5-].[GeH5-].[V+5]. The predicted octanol–water partition coefficient (Wildman–Crippen LogP) is -8.60. The number of rotatable bonds is 0. The minimum Gasteiger partial charge on any atom is 5.00 e. The summed E-state index contributed by atoms with van der Waals surface area (Å²) < 4.78 is 0. The molecule has 0 saturated heterocycles. The van der Waals surface area contributed by atoms with Gasteiger partial charge in [0, 0.05) is 0 Å². The van der Waals surface area contributed by atoms with Crippen molar-refractivity contribution in [2.75, 3.05) is 0 Å². The summed E-state index contributed by atoms with van der Waals surface area (Å²) >= 11 is 0. The molecular weight excluding hydrogens is 414 g/mol. The van der Waals surface area contributed by atoms with Crippen LogP contribution in [0.3, 0.4) is 0 Å². The zero-order chi connectivity index (χ0) is 0. The predicted molar refractivity (Wildman–Crippen MR) is 63.6 cm³/mol. The fourth-order valence-corrected chi connectivity index (χ4v) is 0. The molecule has 0 aliphatic rings. The van der Waals surface area contributed by atoms with Gasteiger partial charge in [-0.15, -0.1) is 0 Å². The van der Waals surface area contributed by atoms with E-state index in [0.29, 0.717) is 0 Å². The van der Waals surface area contributed by atoms with Gasteiger partial charge in [-0.2, -0.15) is 0 Å². The van der Waals surface area contributed by atoms with Crippen LogP contribution in [0.1, 0.15) is 0 Å². The van der Waals surface area contributed by atoms with E-state index < -0.39 is 0 Å². The summed E-state index contributed by atoms with van der Waals surface area (Å²) in [5.41, 5.74) is 0. The first kappa shape index (κ1) is 58.9. The molecule has 0 amide bonds. The third kappa shape index (κ3) is 26.6. The molecule has 0 atom stereocenters. The Labute approximate surface area is 105 Å². The third-order valence-electron chi connectivity index (χ3n) is 0. The molecule has 6 heteroatoms. The summed E-state index contributed by atoms with van der Waals surface area (Å²) in [6.07, 6.45) is 0. The molecule has 0 fully saturated rings. The van der Waals surface area contributed by atoms with E-state index in [1.54, 1.807) is 0 Å². The Morgan fingerprint density at radius 1 is 0.333 bits per heavy atom. The Morgan fingerprint density at radius 2 is 0.333 bits per heavy atom. The first-order valence-corrected chi connectivity index (χ1v) is 0. The summed E-state index contributed by atoms with van der Waals surface area (Å²) in [5.74, 6) is 0. The molecule has 0 radical (unpaired) electrons. The normalized spacial score (nSPS) is 0. The van der Waals surface area contributed by atoms with Gasteiger partial charge in [-0.1, -0.05) is 0 Å². The van der Waals surface area contributed by atoms with Crippen molar-refractivity contribution in [1.82, 2.24) is 0 Å². The van der Waals surface area contributed by atoms with Crippen molar-refractivity contribution in [3.63, 3.8) is 0 Å². The smallest absolute Gasteiger partial charge is 5.00 e. The van der Waals surface area contributed by atoms with E-state index in [1.807, 2.05) is 0 Å². The maximum Gasteiger partial charge on any atom is 5.00 e. The molecule has 0 spiro atoms. The topological polar surface area (TPSA) is 0 Å². The summed E-state index contributed by atoms with van der Waals surface area (Å²) in [4.78, 5) is 0. The second kappa shape index (κ2) is 40.6. The van der Waals surface area contributed by atoms with Crippen LogP contribution in [-0.2, 0) is 18.6 Å². The van der Waals surface area contributed by atoms with Crippen molar-refractivity contribution in [3.8, 4) is 0 Å². The van der Waals surface area contributed by atoms with E-state index in [9.17, 15) is 0 Å². The first-order chi connectivity index (χ1) is 0. The average Bonchev–Trinajstić information content (AvgIpc) is 0. The van der Waals surface area contributed by atoms with E-state index in [2.05, 4.69) is 0 Å². The second-order valence-corrected chi connectivity index (χ2v) is 0. The van der Waals surface area contributed by atoms with Crippen molar-refractivity contribution in [2.45, 2.75) is 0 Å². The van der Waals surface area contributed by atoms with Gasteiger partial charge in [-0.3, -0.25) is 0 Å². The van der Waals surface area contributed by atoms with Gasteiger partial charge in [0.25, 0.3) is 0 Å². The van der Waals surface area contributed by atoms with E-state index in [1.165, 1.54) is 0 Å². The third-order valence-corrected chi connectivity index (χ3v) is 0. The fraction of sp³-hybridized carbons (Fsp3) is 0. The van der Waals surface area contributed by atoms with Gasteiger partial charge in [-0.25, -0.2) is 0 Å². The summed E-state index contributed by atoms with van der Waals surface area (Å²) in [7, 11) is 0. The molecule has 0 bridgehead atoms. The maximum absolute atomic E-state index is 0. The van der Waals surface area contributed by atoms with Gasteiger partial charge in [0.1, 0.15) is 0 Å². The zero-order valence-electron chi connectivity index (χ0n) is 0.447. The molecule has 0 rings (SSSR count). The maximum atomic E-state index is 0. The van der Waals surface area contributed by atoms with Crippen LogP contribution in [0.5, 0.6) is 0 Å². The molecule has 0 aliphatic heterocycles. The van der Waals surface area contributed by atoms with Crippen molar-refractivity contribution in [3.05, 3.63) is 0 Å². The van der Waals surface area contributed by atoms with Crippen LogP contribution in [-0.4, -0.2) is 88.0 Å². The van der Waals surface area contributed by atoms with Crippen molar-refractivity contribution >= 4 is 88.0 Å². The van der Waals surface area contributed by atoms with Gasteiger partial charge in [0.2, 0.25) is 0 Å². The molecule has 0 saturated carbocycles. The molecule has 0 aromatic rings. The monoisotopic (exact) mass is 446 g/mol. The molecule has 0 aliphatic carbocycles. The van der Waals surface area contributed by atoms with Gasteiger partial charge in [0.05, 0.1) is 0 Å². The fourth-order valence-electron chi connectivity index (χ4n) is 0. The molecule has 6 heavy (non-hydrogen) atoms. The molecule has 50 valence electrons. The second-order valence-electron chi connectivity index (χ2n) is 0. The average molecular weight is 439 g/mol. The van der Waals surface area contributed by atoms with E-state index in [0.717, 1.165) is 0 Å². The Kier molecular flexibility index (Phi) is 398. The minimum absolute atomic E-state index is 0. The van der Waals surface area contributed by atoms with Crippen LogP contribution < -0.4 is 0 Å². The van der Waals surface area contributed by atoms with Gasteiger partial charge < -0.3 is 0 Å². The minimum atomic E-state index is 0. The van der Waals surface area contributed by atoms with Gasteiger partial charge in [-0.05, 0) is 0 Å². The molecule has 0 unspecified atom stereocenters. The molecule has 0 aromatic carbocycles. The molecule has 0 aromatic heterocycles. The van der Waals surface area contributed by atoms with E-state index in [4.69, 9.17) is 0 Å². The van der Waals surface area contributed by atoms with Crippen LogP contribution in [0.4, 0.5) is 0 Å². The molecular formula is H25Ge5V. The van der Waals surface area contributed by atoms with Crippen molar-refractivity contribution < 1.29 is 18.6 Å². The van der Waals surface area contributed by atoms with Crippen LogP contribution >= 0.6 is 0 Å². The zero-order valence-corrected chi connectivity index (χ0v) is 1.84. The molecule has 0 nitrogen and oxygen atoms in total. The van der Waals surface area contributed by atoms with Gasteiger partial charge >= 0.3 is 107 Å². The summed E-state index contributed by atoms with van der Waals surface area (Å²) in [5, 5.41) is 0. The Hall–Kier alpha value is 3.30. The summed E-state index contributed by atoms with van der Waals surface area (Å²) in [6.45, 7) is 0. The summed E-state index contributed by atoms with van der Waals surface area (Å²) in [6, 6.07) is 0. The van der Waals surface area contributed by atoms with E-state index in [-0.39, 0.29) is 107 Å². The van der Waals surface area contributed by atoms with Crippen LogP contribution in [0, 0.1) is 0 Å². The van der Waals surface area contributed by atoms with Gasteiger partial charge in [0.15, 0.2) is 0 Å². The quantitative estimate of drug-likeness (QED) is 0.329. The number of hydrogen-bond acceptors (Lipinski definition) is 0. The molecule has 0 heterocycles. The standard InChI is InChI=1S/5GeH5.V/h5*1H5;/q5*-1;+5. The Bertz CT molecular complexity index is 3.90.